The number of nitrogens with zero attached hydrogens (tertiary/aromatic N) is 2. The van der Waals surface area contributed by atoms with Crippen LogP contribution in [0.4, 0.5) is 4.39 Å². The summed E-state index contributed by atoms with van der Waals surface area (Å²) in [6.07, 6.45) is 0. The summed E-state index contributed by atoms with van der Waals surface area (Å²) >= 11 is 0. The van der Waals surface area contributed by atoms with E-state index in [9.17, 15) is 4.39 Å². The Labute approximate surface area is 124 Å². The van der Waals surface area contributed by atoms with E-state index in [4.69, 9.17) is 10.00 Å². The van der Waals surface area contributed by atoms with Crippen LogP contribution in [-0.4, -0.2) is 25.1 Å². The van der Waals surface area contributed by atoms with Crippen molar-refractivity contribution in [2.45, 2.75) is 6.54 Å². The van der Waals surface area contributed by atoms with Gasteiger partial charge in [-0.2, -0.15) is 5.26 Å². The lowest BCUT2D eigenvalue weighted by molar-refractivity contribution is 0.231. The van der Waals surface area contributed by atoms with Crippen molar-refractivity contribution in [3.8, 4) is 11.8 Å². The van der Waals surface area contributed by atoms with E-state index in [2.05, 4.69) is 6.07 Å². The molecule has 0 unspecified atom stereocenters. The molecule has 0 fully saturated rings. The molecule has 0 aliphatic carbocycles. The van der Waals surface area contributed by atoms with Gasteiger partial charge in [0.1, 0.15) is 18.2 Å². The minimum atomic E-state index is -0.188. The number of nitriles is 1. The van der Waals surface area contributed by atoms with Crippen molar-refractivity contribution in [1.82, 2.24) is 4.90 Å². The lowest BCUT2D eigenvalue weighted by Crippen LogP contribution is -2.24. The Kier molecular flexibility index (Phi) is 5.30. The van der Waals surface area contributed by atoms with E-state index < -0.39 is 0 Å². The summed E-state index contributed by atoms with van der Waals surface area (Å²) in [7, 11) is 1.92. The van der Waals surface area contributed by atoms with E-state index in [0.717, 1.165) is 0 Å². The van der Waals surface area contributed by atoms with Crippen LogP contribution in [0.2, 0.25) is 0 Å². The molecule has 0 saturated heterocycles. The van der Waals surface area contributed by atoms with Crippen molar-refractivity contribution >= 4 is 0 Å². The Morgan fingerprint density at radius 2 is 2.00 bits per heavy atom. The highest BCUT2D eigenvalue weighted by atomic mass is 19.1. The Bertz CT molecular complexity index is 637. The fraction of sp³-hybridized carbons (Fsp3) is 0.235. The van der Waals surface area contributed by atoms with Crippen LogP contribution in [0.3, 0.4) is 0 Å². The molecule has 0 aliphatic rings. The normalized spacial score (nSPS) is 10.4. The van der Waals surface area contributed by atoms with Gasteiger partial charge in [0, 0.05) is 18.7 Å². The number of likely N-dealkylation sites (N-methyl/N-ethyl adjacent to an activating group) is 1. The molecule has 2 aromatic carbocycles. The molecule has 2 aromatic rings. The maximum Gasteiger partial charge on any atom is 0.127 e. The van der Waals surface area contributed by atoms with Gasteiger partial charge < -0.3 is 4.74 Å². The quantitative estimate of drug-likeness (QED) is 0.817. The van der Waals surface area contributed by atoms with Gasteiger partial charge in [-0.05, 0) is 31.3 Å². The van der Waals surface area contributed by atoms with Gasteiger partial charge in [0.2, 0.25) is 0 Å². The molecule has 0 aromatic heterocycles. The first-order chi connectivity index (χ1) is 10.2. The summed E-state index contributed by atoms with van der Waals surface area (Å²) in [5, 5.41) is 8.82. The third-order valence-corrected chi connectivity index (χ3v) is 3.10. The molecule has 0 saturated carbocycles. The highest BCUT2D eigenvalue weighted by Crippen LogP contribution is 2.13. The lowest BCUT2D eigenvalue weighted by Gasteiger charge is -2.17. The standard InChI is InChI=1S/C17H17FN2O/c1-20(13-15-6-2-3-8-17(15)18)9-10-21-16-7-4-5-14(11-16)12-19/h2-8,11H,9-10,13H2,1H3. The lowest BCUT2D eigenvalue weighted by atomic mass is 10.2. The first-order valence-corrected chi connectivity index (χ1v) is 6.74. The van der Waals surface area contributed by atoms with Crippen LogP contribution in [0.15, 0.2) is 48.5 Å². The van der Waals surface area contributed by atoms with Crippen molar-refractivity contribution in [1.29, 1.82) is 5.26 Å². The Morgan fingerprint density at radius 1 is 1.19 bits per heavy atom. The third kappa shape index (κ3) is 4.59. The second-order valence-corrected chi connectivity index (χ2v) is 4.82. The van der Waals surface area contributed by atoms with Gasteiger partial charge in [0.25, 0.3) is 0 Å². The fourth-order valence-corrected chi connectivity index (χ4v) is 1.97. The van der Waals surface area contributed by atoms with E-state index in [1.807, 2.05) is 24.1 Å². The maximum atomic E-state index is 13.5. The second kappa shape index (κ2) is 7.41. The summed E-state index contributed by atoms with van der Waals surface area (Å²) < 4.78 is 19.1. The number of ether oxygens (including phenoxy) is 1. The number of rotatable bonds is 6. The molecule has 0 radical (unpaired) electrons. The second-order valence-electron chi connectivity index (χ2n) is 4.82. The van der Waals surface area contributed by atoms with Gasteiger partial charge in [0.05, 0.1) is 11.6 Å². The Balaban J connectivity index is 1.80. The van der Waals surface area contributed by atoms with E-state index in [-0.39, 0.29) is 5.82 Å². The summed E-state index contributed by atoms with van der Waals surface area (Å²) in [6.45, 7) is 1.69. The van der Waals surface area contributed by atoms with Crippen molar-refractivity contribution in [3.05, 3.63) is 65.5 Å². The molecule has 3 nitrogen and oxygen atoms in total. The first-order valence-electron chi connectivity index (χ1n) is 6.74. The largest absolute Gasteiger partial charge is 0.492 e. The SMILES string of the molecule is CN(CCOc1cccc(C#N)c1)Cc1ccccc1F. The maximum absolute atomic E-state index is 13.5. The molecule has 2 rings (SSSR count). The van der Waals surface area contributed by atoms with Crippen LogP contribution in [-0.2, 0) is 6.54 Å². The fourth-order valence-electron chi connectivity index (χ4n) is 1.97. The van der Waals surface area contributed by atoms with Crippen LogP contribution < -0.4 is 4.74 Å². The highest BCUT2D eigenvalue weighted by molar-refractivity contribution is 5.36. The smallest absolute Gasteiger partial charge is 0.127 e. The van der Waals surface area contributed by atoms with E-state index in [0.29, 0.717) is 36.6 Å². The van der Waals surface area contributed by atoms with Crippen LogP contribution >= 0.6 is 0 Å². The molecule has 108 valence electrons. The van der Waals surface area contributed by atoms with Crippen LogP contribution in [0.25, 0.3) is 0 Å². The predicted octanol–water partition coefficient (Wildman–Crippen LogP) is 3.21. The summed E-state index contributed by atoms with van der Waals surface area (Å²) in [5.74, 6) is 0.486. The number of benzene rings is 2. The van der Waals surface area contributed by atoms with Gasteiger partial charge in [-0.1, -0.05) is 24.3 Å². The van der Waals surface area contributed by atoms with Crippen molar-refractivity contribution in [3.63, 3.8) is 0 Å². The molecule has 0 spiro atoms. The van der Waals surface area contributed by atoms with Gasteiger partial charge in [-0.15, -0.1) is 0 Å². The van der Waals surface area contributed by atoms with Gasteiger partial charge in [-0.25, -0.2) is 4.39 Å². The average molecular weight is 284 g/mol. The molecule has 4 heteroatoms. The molecule has 21 heavy (non-hydrogen) atoms. The van der Waals surface area contributed by atoms with Crippen LogP contribution in [0, 0.1) is 17.1 Å². The monoisotopic (exact) mass is 284 g/mol. The molecule has 0 aliphatic heterocycles. The number of hydrogen-bond donors (Lipinski definition) is 0. The molecule has 0 N–H and O–H groups in total. The van der Waals surface area contributed by atoms with Crippen molar-refractivity contribution in [2.75, 3.05) is 20.2 Å². The van der Waals surface area contributed by atoms with E-state index >= 15 is 0 Å². The molecule has 0 atom stereocenters. The van der Waals surface area contributed by atoms with Gasteiger partial charge >= 0.3 is 0 Å². The van der Waals surface area contributed by atoms with Crippen molar-refractivity contribution in [2.24, 2.45) is 0 Å². The zero-order valence-corrected chi connectivity index (χ0v) is 11.9. The van der Waals surface area contributed by atoms with Crippen LogP contribution in [0.1, 0.15) is 11.1 Å². The summed E-state index contributed by atoms with van der Waals surface area (Å²) in [5.41, 5.74) is 1.25. The molecular weight excluding hydrogens is 267 g/mol. The Morgan fingerprint density at radius 3 is 2.76 bits per heavy atom. The Hall–Kier alpha value is -2.38. The topological polar surface area (TPSA) is 36.3 Å². The van der Waals surface area contributed by atoms with Gasteiger partial charge in [-0.3, -0.25) is 4.90 Å². The van der Waals surface area contributed by atoms with Gasteiger partial charge in [0.15, 0.2) is 0 Å². The van der Waals surface area contributed by atoms with Crippen molar-refractivity contribution < 1.29 is 9.13 Å². The molecular formula is C17H17FN2O. The zero-order valence-electron chi connectivity index (χ0n) is 11.9. The van der Waals surface area contributed by atoms with Crippen LogP contribution in [0.5, 0.6) is 5.75 Å². The third-order valence-electron chi connectivity index (χ3n) is 3.10. The molecule has 0 heterocycles. The average Bonchev–Trinajstić information content (AvgIpc) is 2.50. The summed E-state index contributed by atoms with van der Waals surface area (Å²) in [6, 6.07) is 15.9. The zero-order chi connectivity index (χ0) is 15.1. The first kappa shape index (κ1) is 15.0. The minimum Gasteiger partial charge on any atom is -0.492 e. The summed E-state index contributed by atoms with van der Waals surface area (Å²) in [4.78, 5) is 1.99. The highest BCUT2D eigenvalue weighted by Gasteiger charge is 2.05. The molecule has 0 amide bonds. The molecule has 0 bridgehead atoms. The predicted molar refractivity (Wildman–Crippen MR) is 79.4 cm³/mol. The number of hydrogen-bond acceptors (Lipinski definition) is 3. The van der Waals surface area contributed by atoms with E-state index in [1.54, 1.807) is 30.3 Å². The van der Waals surface area contributed by atoms with E-state index in [1.165, 1.54) is 6.07 Å². The number of halogens is 1. The minimum absolute atomic E-state index is 0.188.